The highest BCUT2D eigenvalue weighted by molar-refractivity contribution is 4.93. The van der Waals surface area contributed by atoms with Crippen LogP contribution in [0.1, 0.15) is 44.9 Å². The highest BCUT2D eigenvalue weighted by atomic mass is 16.5. The number of nitrogens with zero attached hydrogens (tertiary/aromatic N) is 1. The maximum absolute atomic E-state index is 6.19. The molecule has 3 nitrogen and oxygen atoms in total. The van der Waals surface area contributed by atoms with E-state index < -0.39 is 0 Å². The van der Waals surface area contributed by atoms with E-state index in [1.54, 1.807) is 0 Å². The molecule has 2 saturated heterocycles. The topological polar surface area (TPSA) is 24.5 Å². The van der Waals surface area contributed by atoms with E-state index in [-0.39, 0.29) is 5.60 Å². The van der Waals surface area contributed by atoms with Gasteiger partial charge in [-0.05, 0) is 25.7 Å². The molecule has 1 saturated carbocycles. The van der Waals surface area contributed by atoms with Gasteiger partial charge in [0.05, 0.1) is 5.60 Å². The van der Waals surface area contributed by atoms with Crippen LogP contribution in [0.2, 0.25) is 0 Å². The summed E-state index contributed by atoms with van der Waals surface area (Å²) in [4.78, 5) is 2.70. The third-order valence-corrected chi connectivity index (χ3v) is 4.90. The maximum atomic E-state index is 6.19. The van der Waals surface area contributed by atoms with Crippen molar-refractivity contribution in [2.24, 2.45) is 0 Å². The third-order valence-electron chi connectivity index (χ3n) is 4.90. The molecule has 0 aromatic rings. The standard InChI is InChI=1S/C14H26N2O/c1-2-5-14(6-3-1)12-13(4-11-17-14)16-9-7-15-8-10-16/h13,15H,1-12H2. The van der Waals surface area contributed by atoms with Crippen LogP contribution in [0.4, 0.5) is 0 Å². The van der Waals surface area contributed by atoms with Crippen LogP contribution in [0.5, 0.6) is 0 Å². The van der Waals surface area contributed by atoms with Gasteiger partial charge in [0.25, 0.3) is 0 Å². The Labute approximate surface area is 105 Å². The van der Waals surface area contributed by atoms with Gasteiger partial charge in [0.15, 0.2) is 0 Å². The second-order valence-corrected chi connectivity index (χ2v) is 6.02. The summed E-state index contributed by atoms with van der Waals surface area (Å²) in [5.74, 6) is 0. The number of hydrogen-bond acceptors (Lipinski definition) is 3. The van der Waals surface area contributed by atoms with E-state index in [2.05, 4.69) is 10.2 Å². The molecule has 1 aliphatic carbocycles. The summed E-state index contributed by atoms with van der Waals surface area (Å²) < 4.78 is 6.19. The fraction of sp³-hybridized carbons (Fsp3) is 1.00. The SMILES string of the molecule is C1CCC2(CC1)CC(N1CCNCC1)CCO2. The monoisotopic (exact) mass is 238 g/mol. The smallest absolute Gasteiger partial charge is 0.0697 e. The fourth-order valence-electron chi connectivity index (χ4n) is 3.91. The van der Waals surface area contributed by atoms with Crippen molar-refractivity contribution in [2.45, 2.75) is 56.6 Å². The van der Waals surface area contributed by atoms with Crippen LogP contribution in [-0.2, 0) is 4.74 Å². The summed E-state index contributed by atoms with van der Waals surface area (Å²) in [5, 5.41) is 3.45. The van der Waals surface area contributed by atoms with Crippen molar-refractivity contribution < 1.29 is 4.74 Å². The van der Waals surface area contributed by atoms with Crippen LogP contribution in [0.25, 0.3) is 0 Å². The van der Waals surface area contributed by atoms with Crippen LogP contribution in [0.15, 0.2) is 0 Å². The normalized spacial score (nSPS) is 34.9. The van der Waals surface area contributed by atoms with Crippen molar-refractivity contribution in [2.75, 3.05) is 32.8 Å². The van der Waals surface area contributed by atoms with E-state index in [9.17, 15) is 0 Å². The molecule has 0 amide bonds. The molecule has 3 fully saturated rings. The first kappa shape index (κ1) is 11.9. The quantitative estimate of drug-likeness (QED) is 0.753. The summed E-state index contributed by atoms with van der Waals surface area (Å²) in [6, 6.07) is 0.795. The molecular formula is C14H26N2O. The van der Waals surface area contributed by atoms with Gasteiger partial charge >= 0.3 is 0 Å². The average molecular weight is 238 g/mol. The Morgan fingerprint density at radius 1 is 1.06 bits per heavy atom. The minimum absolute atomic E-state index is 0.270. The van der Waals surface area contributed by atoms with Crippen LogP contribution in [-0.4, -0.2) is 49.3 Å². The molecule has 0 radical (unpaired) electrons. The molecule has 1 atom stereocenters. The van der Waals surface area contributed by atoms with Crippen LogP contribution >= 0.6 is 0 Å². The number of piperazine rings is 1. The summed E-state index contributed by atoms with van der Waals surface area (Å²) in [7, 11) is 0. The van der Waals surface area contributed by atoms with Crippen molar-refractivity contribution in [3.05, 3.63) is 0 Å². The lowest BCUT2D eigenvalue weighted by Gasteiger charge is -2.47. The predicted octanol–water partition coefficient (Wildman–Crippen LogP) is 1.77. The molecule has 1 spiro atoms. The lowest BCUT2D eigenvalue weighted by Crippen LogP contribution is -2.54. The number of ether oxygens (including phenoxy) is 1. The summed E-state index contributed by atoms with van der Waals surface area (Å²) in [6.07, 6.45) is 9.37. The van der Waals surface area contributed by atoms with E-state index in [0.29, 0.717) is 0 Å². The lowest BCUT2D eigenvalue weighted by molar-refractivity contribution is -0.125. The molecule has 1 unspecified atom stereocenters. The second-order valence-electron chi connectivity index (χ2n) is 6.02. The molecule has 1 N–H and O–H groups in total. The van der Waals surface area contributed by atoms with Gasteiger partial charge in [-0.2, -0.15) is 0 Å². The number of hydrogen-bond donors (Lipinski definition) is 1. The Balaban J connectivity index is 1.61. The Kier molecular flexibility index (Phi) is 3.69. The van der Waals surface area contributed by atoms with E-state index in [0.717, 1.165) is 12.6 Å². The molecule has 98 valence electrons. The van der Waals surface area contributed by atoms with Crippen molar-refractivity contribution >= 4 is 0 Å². The van der Waals surface area contributed by atoms with Crippen LogP contribution in [0, 0.1) is 0 Å². The van der Waals surface area contributed by atoms with Gasteiger partial charge in [-0.3, -0.25) is 4.90 Å². The van der Waals surface area contributed by atoms with E-state index in [1.165, 1.54) is 71.1 Å². The molecular weight excluding hydrogens is 212 g/mol. The molecule has 2 heterocycles. The molecule has 2 aliphatic heterocycles. The zero-order valence-corrected chi connectivity index (χ0v) is 10.9. The van der Waals surface area contributed by atoms with Crippen molar-refractivity contribution in [1.82, 2.24) is 10.2 Å². The molecule has 0 aromatic heterocycles. The van der Waals surface area contributed by atoms with Gasteiger partial charge in [0.1, 0.15) is 0 Å². The Bertz CT molecular complexity index is 239. The molecule has 0 aromatic carbocycles. The molecule has 17 heavy (non-hydrogen) atoms. The second kappa shape index (κ2) is 5.25. The van der Waals surface area contributed by atoms with E-state index in [4.69, 9.17) is 4.74 Å². The summed E-state index contributed by atoms with van der Waals surface area (Å²) in [6.45, 7) is 5.81. The first-order chi connectivity index (χ1) is 8.38. The molecule has 0 bridgehead atoms. The largest absolute Gasteiger partial charge is 0.375 e. The van der Waals surface area contributed by atoms with Crippen LogP contribution < -0.4 is 5.32 Å². The Hall–Kier alpha value is -0.120. The molecule has 3 rings (SSSR count). The predicted molar refractivity (Wildman–Crippen MR) is 69.2 cm³/mol. The Morgan fingerprint density at radius 2 is 1.82 bits per heavy atom. The van der Waals surface area contributed by atoms with Crippen molar-refractivity contribution in [1.29, 1.82) is 0 Å². The van der Waals surface area contributed by atoms with Crippen molar-refractivity contribution in [3.8, 4) is 0 Å². The molecule has 3 heteroatoms. The Morgan fingerprint density at radius 3 is 2.59 bits per heavy atom. The first-order valence-corrected chi connectivity index (χ1v) is 7.47. The highest BCUT2D eigenvalue weighted by Crippen LogP contribution is 2.39. The van der Waals surface area contributed by atoms with Gasteiger partial charge in [0, 0.05) is 38.8 Å². The third kappa shape index (κ3) is 2.67. The van der Waals surface area contributed by atoms with Crippen molar-refractivity contribution in [3.63, 3.8) is 0 Å². The van der Waals surface area contributed by atoms with E-state index >= 15 is 0 Å². The minimum atomic E-state index is 0.270. The fourth-order valence-corrected chi connectivity index (χ4v) is 3.91. The summed E-state index contributed by atoms with van der Waals surface area (Å²) >= 11 is 0. The van der Waals surface area contributed by atoms with Gasteiger partial charge in [-0.15, -0.1) is 0 Å². The highest BCUT2D eigenvalue weighted by Gasteiger charge is 2.40. The first-order valence-electron chi connectivity index (χ1n) is 7.47. The average Bonchev–Trinajstić information content (AvgIpc) is 2.41. The van der Waals surface area contributed by atoms with Gasteiger partial charge < -0.3 is 10.1 Å². The lowest BCUT2D eigenvalue weighted by atomic mass is 9.78. The van der Waals surface area contributed by atoms with E-state index in [1.807, 2.05) is 0 Å². The minimum Gasteiger partial charge on any atom is -0.375 e. The number of nitrogens with one attached hydrogen (secondary N) is 1. The maximum Gasteiger partial charge on any atom is 0.0697 e. The van der Waals surface area contributed by atoms with Gasteiger partial charge in [-0.25, -0.2) is 0 Å². The van der Waals surface area contributed by atoms with Crippen LogP contribution in [0.3, 0.4) is 0 Å². The van der Waals surface area contributed by atoms with Gasteiger partial charge in [0.2, 0.25) is 0 Å². The molecule has 3 aliphatic rings. The zero-order chi connectivity index (χ0) is 11.6. The van der Waals surface area contributed by atoms with Gasteiger partial charge in [-0.1, -0.05) is 19.3 Å². The zero-order valence-electron chi connectivity index (χ0n) is 10.9. The number of rotatable bonds is 1. The summed E-state index contributed by atoms with van der Waals surface area (Å²) in [5.41, 5.74) is 0.270.